The van der Waals surface area contributed by atoms with Gasteiger partial charge in [-0.2, -0.15) is 5.26 Å². The summed E-state index contributed by atoms with van der Waals surface area (Å²) in [6, 6.07) is 23.8. The Morgan fingerprint density at radius 1 is 1.03 bits per heavy atom. The van der Waals surface area contributed by atoms with Crippen molar-refractivity contribution in [3.05, 3.63) is 95.1 Å². The molecule has 1 fully saturated rings. The lowest BCUT2D eigenvalue weighted by Crippen LogP contribution is -2.38. The second-order valence-corrected chi connectivity index (χ2v) is 10.1. The Labute approximate surface area is 213 Å². The third-order valence-corrected chi connectivity index (χ3v) is 7.35. The topological polar surface area (TPSA) is 102 Å². The number of carbonyl (C=O) groups excluding carboxylic acids is 2. The van der Waals surface area contributed by atoms with E-state index in [4.69, 9.17) is 5.26 Å². The molecular formula is C28H28N4O3S. The van der Waals surface area contributed by atoms with Gasteiger partial charge in [-0.25, -0.2) is 4.79 Å². The minimum atomic E-state index is -1.34. The molecule has 4 rings (SSSR count). The highest BCUT2D eigenvalue weighted by atomic mass is 32.2. The minimum absolute atomic E-state index is 0.116. The van der Waals surface area contributed by atoms with Crippen molar-refractivity contribution >= 4 is 28.4 Å². The van der Waals surface area contributed by atoms with Crippen molar-refractivity contribution in [2.75, 3.05) is 24.7 Å². The van der Waals surface area contributed by atoms with Crippen LogP contribution in [0.15, 0.2) is 77.7 Å². The van der Waals surface area contributed by atoms with Gasteiger partial charge in [0.15, 0.2) is 0 Å². The summed E-state index contributed by atoms with van der Waals surface area (Å²) < 4.78 is 12.2. The molecule has 7 nitrogen and oxygen atoms in total. The minimum Gasteiger partial charge on any atom is -0.339 e. The van der Waals surface area contributed by atoms with Crippen molar-refractivity contribution in [2.24, 2.45) is 0 Å². The number of likely N-dealkylation sites (tertiary alicyclic amines) is 1. The Balaban J connectivity index is 1.41. The molecule has 0 radical (unpaired) electrons. The standard InChI is InChI=1S/C28H28N4O3S/c1-36(35)26-12-11-24(17-25(26)31-28(34)30-19-21-5-3-2-4-6-21)27(33)32-15-13-23(14-16-32)22-9-7-20(18-29)8-10-22/h2-12,17,23H,13-16,19H2,1H3,(H2,30,31,34). The number of nitrogens with one attached hydrogen (secondary N) is 2. The zero-order valence-electron chi connectivity index (χ0n) is 20.1. The first-order chi connectivity index (χ1) is 17.4. The molecule has 184 valence electrons. The van der Waals surface area contributed by atoms with Crippen LogP contribution in [0, 0.1) is 11.3 Å². The third kappa shape index (κ3) is 6.18. The number of nitrogens with zero attached hydrogens (tertiary/aromatic N) is 2. The second kappa shape index (κ2) is 11.6. The van der Waals surface area contributed by atoms with Crippen molar-refractivity contribution < 1.29 is 13.8 Å². The van der Waals surface area contributed by atoms with E-state index in [0.29, 0.717) is 47.3 Å². The monoisotopic (exact) mass is 500 g/mol. The number of rotatable bonds is 6. The molecule has 3 amide bonds. The number of benzene rings is 3. The van der Waals surface area contributed by atoms with Gasteiger partial charge in [0.25, 0.3) is 5.91 Å². The van der Waals surface area contributed by atoms with E-state index in [1.54, 1.807) is 18.2 Å². The van der Waals surface area contributed by atoms with E-state index < -0.39 is 16.8 Å². The SMILES string of the molecule is CS(=O)c1ccc(C(=O)N2CCC(c3ccc(C#N)cc3)CC2)cc1NC(=O)NCc1ccccc1. The first kappa shape index (κ1) is 25.1. The number of anilines is 1. The maximum absolute atomic E-state index is 13.2. The van der Waals surface area contributed by atoms with Crippen LogP contribution in [0.1, 0.15) is 45.8 Å². The van der Waals surface area contributed by atoms with Crippen LogP contribution in [0.4, 0.5) is 10.5 Å². The normalized spacial score (nSPS) is 14.5. The largest absolute Gasteiger partial charge is 0.339 e. The van der Waals surface area contributed by atoms with Gasteiger partial charge in [0.2, 0.25) is 0 Å². The van der Waals surface area contributed by atoms with E-state index in [9.17, 15) is 13.8 Å². The van der Waals surface area contributed by atoms with Gasteiger partial charge in [-0.3, -0.25) is 9.00 Å². The summed E-state index contributed by atoms with van der Waals surface area (Å²) in [4.78, 5) is 28.0. The van der Waals surface area contributed by atoms with Crippen LogP contribution in [-0.2, 0) is 17.3 Å². The molecule has 0 spiro atoms. The molecule has 0 aromatic heterocycles. The summed E-state index contributed by atoms with van der Waals surface area (Å²) in [5.74, 6) is 0.228. The van der Waals surface area contributed by atoms with Gasteiger partial charge in [0, 0.05) is 31.5 Å². The zero-order valence-corrected chi connectivity index (χ0v) is 20.9. The first-order valence-electron chi connectivity index (χ1n) is 11.8. The van der Waals surface area contributed by atoms with E-state index >= 15 is 0 Å². The summed E-state index contributed by atoms with van der Waals surface area (Å²) in [6.45, 7) is 1.58. The van der Waals surface area contributed by atoms with Crippen molar-refractivity contribution in [1.82, 2.24) is 10.2 Å². The van der Waals surface area contributed by atoms with Gasteiger partial charge in [0.05, 0.1) is 33.0 Å². The van der Waals surface area contributed by atoms with E-state index in [0.717, 1.165) is 18.4 Å². The van der Waals surface area contributed by atoms with Crippen LogP contribution in [0.5, 0.6) is 0 Å². The van der Waals surface area contributed by atoms with Crippen LogP contribution in [0.2, 0.25) is 0 Å². The molecule has 1 saturated heterocycles. The van der Waals surface area contributed by atoms with Crippen molar-refractivity contribution in [3.8, 4) is 6.07 Å². The van der Waals surface area contributed by atoms with E-state index in [-0.39, 0.29) is 5.91 Å². The number of urea groups is 1. The number of amides is 3. The maximum Gasteiger partial charge on any atom is 0.319 e. The predicted octanol–water partition coefficient (Wildman–Crippen LogP) is 4.64. The van der Waals surface area contributed by atoms with Gasteiger partial charge in [-0.15, -0.1) is 0 Å². The Bertz CT molecular complexity index is 1290. The van der Waals surface area contributed by atoms with Crippen molar-refractivity contribution in [1.29, 1.82) is 5.26 Å². The maximum atomic E-state index is 13.2. The lowest BCUT2D eigenvalue weighted by atomic mass is 9.89. The average molecular weight is 501 g/mol. The number of nitriles is 1. The van der Waals surface area contributed by atoms with Gasteiger partial charge in [-0.1, -0.05) is 42.5 Å². The molecule has 0 bridgehead atoms. The first-order valence-corrected chi connectivity index (χ1v) is 13.4. The quantitative estimate of drug-likeness (QED) is 0.515. The summed E-state index contributed by atoms with van der Waals surface area (Å²) in [7, 11) is -1.34. The molecule has 3 aromatic carbocycles. The molecule has 2 N–H and O–H groups in total. The molecule has 36 heavy (non-hydrogen) atoms. The Morgan fingerprint density at radius 3 is 2.36 bits per heavy atom. The van der Waals surface area contributed by atoms with E-state index in [1.807, 2.05) is 59.5 Å². The van der Waals surface area contributed by atoms with Gasteiger partial charge < -0.3 is 15.5 Å². The molecule has 0 aliphatic carbocycles. The molecule has 8 heteroatoms. The lowest BCUT2D eigenvalue weighted by molar-refractivity contribution is 0.0713. The molecular weight excluding hydrogens is 472 g/mol. The molecule has 1 heterocycles. The summed E-state index contributed by atoms with van der Waals surface area (Å²) in [5, 5.41) is 14.5. The number of hydrogen-bond acceptors (Lipinski definition) is 4. The third-order valence-electron chi connectivity index (χ3n) is 6.37. The van der Waals surface area contributed by atoms with Gasteiger partial charge >= 0.3 is 6.03 Å². The highest BCUT2D eigenvalue weighted by Gasteiger charge is 2.25. The molecule has 1 aliphatic heterocycles. The summed E-state index contributed by atoms with van der Waals surface area (Å²) in [5.41, 5.74) is 3.59. The summed E-state index contributed by atoms with van der Waals surface area (Å²) in [6.07, 6.45) is 3.21. The molecule has 1 atom stereocenters. The van der Waals surface area contributed by atoms with Crippen LogP contribution >= 0.6 is 0 Å². The Morgan fingerprint density at radius 2 is 1.72 bits per heavy atom. The van der Waals surface area contributed by atoms with E-state index in [2.05, 4.69) is 16.7 Å². The molecule has 3 aromatic rings. The number of piperidine rings is 1. The number of carbonyl (C=O) groups is 2. The van der Waals surface area contributed by atoms with Gasteiger partial charge in [-0.05, 0) is 60.2 Å². The van der Waals surface area contributed by atoms with Crippen molar-refractivity contribution in [3.63, 3.8) is 0 Å². The fourth-order valence-corrected chi connectivity index (χ4v) is 5.06. The van der Waals surface area contributed by atoms with Gasteiger partial charge in [0.1, 0.15) is 0 Å². The van der Waals surface area contributed by atoms with E-state index in [1.165, 1.54) is 11.8 Å². The highest BCUT2D eigenvalue weighted by Crippen LogP contribution is 2.29. The van der Waals surface area contributed by atoms with Crippen LogP contribution in [-0.4, -0.2) is 40.4 Å². The number of hydrogen-bond donors (Lipinski definition) is 2. The molecule has 1 unspecified atom stereocenters. The average Bonchev–Trinajstić information content (AvgIpc) is 2.92. The summed E-state index contributed by atoms with van der Waals surface area (Å²) >= 11 is 0. The van der Waals surface area contributed by atoms with Crippen LogP contribution in [0.25, 0.3) is 0 Å². The fraction of sp³-hybridized carbons (Fsp3) is 0.250. The smallest absolute Gasteiger partial charge is 0.319 e. The van der Waals surface area contributed by atoms with Crippen molar-refractivity contribution in [2.45, 2.75) is 30.2 Å². The lowest BCUT2D eigenvalue weighted by Gasteiger charge is -2.32. The highest BCUT2D eigenvalue weighted by molar-refractivity contribution is 7.84. The fourth-order valence-electron chi connectivity index (χ4n) is 4.38. The van der Waals surface area contributed by atoms with Crippen LogP contribution in [0.3, 0.4) is 0 Å². The molecule has 0 saturated carbocycles. The molecule has 1 aliphatic rings. The van der Waals surface area contributed by atoms with Crippen LogP contribution < -0.4 is 10.6 Å². The zero-order chi connectivity index (χ0) is 25.5. The Kier molecular flexibility index (Phi) is 8.13. The second-order valence-electron chi connectivity index (χ2n) is 8.76. The predicted molar refractivity (Wildman–Crippen MR) is 140 cm³/mol. The Hall–Kier alpha value is -3.96.